The molecular weight excluding hydrogens is 737 g/mol. The van der Waals surface area contributed by atoms with Crippen LogP contribution in [0.2, 0.25) is 0 Å². The van der Waals surface area contributed by atoms with Gasteiger partial charge in [-0.05, 0) is 72.2 Å². The molecule has 4 fully saturated rings. The van der Waals surface area contributed by atoms with Gasteiger partial charge in [0, 0.05) is 41.8 Å². The standard InChI is InChI=1S/C43H66N2O10S/c1-12-33-43(9)37(45(41(49)55-43)18-19-56-24-31-16-14-13-15-17-31)28(5)34(46)26(3)21-42(8)38(54-40-35(47)32(44(10)11)20-27(4)52-40)29(6)36(30(7)39(48)53-33)50-22-25(2)23-51-42/h13-17,26-30,32-33,35-38,40,47H,2,12,18-24H2,1,3-11H3/t26-,27-,28+,29-,30-,32+,33-,35-,36-,37+,38-,40+,42+,43-/m1/s1. The Morgan fingerprint density at radius 1 is 1.04 bits per heavy atom. The fourth-order valence-electron chi connectivity index (χ4n) is 9.54. The largest absolute Gasteiger partial charge is 0.458 e. The quantitative estimate of drug-likeness (QED) is 0.182. The SMILES string of the molecule is C=C1CO[C@@H]2[C@@H](C)[C@@H](O[C@@H]3O[C@H](C)C[C@H](N(C)C)[C@H]3O)[C@](C)(C[C@@H](C)C(=O)[C@H](C)[C@@H]3N(CCSCc4ccccc4)C(=O)O[C@]3(C)[C@@H](CC)OC(=O)[C@@H]2C)OC1. The zero-order valence-electron chi connectivity index (χ0n) is 35.1. The summed E-state index contributed by atoms with van der Waals surface area (Å²) in [6, 6.07) is 9.19. The van der Waals surface area contributed by atoms with Gasteiger partial charge in [0.15, 0.2) is 11.9 Å². The van der Waals surface area contributed by atoms with E-state index < -0.39 is 83.7 Å². The lowest BCUT2D eigenvalue weighted by molar-refractivity contribution is -0.302. The second-order valence-electron chi connectivity index (χ2n) is 17.3. The molecule has 4 aliphatic rings. The highest BCUT2D eigenvalue weighted by molar-refractivity contribution is 7.98. The molecule has 14 atom stereocenters. The van der Waals surface area contributed by atoms with E-state index in [2.05, 4.69) is 18.7 Å². The van der Waals surface area contributed by atoms with Crippen molar-refractivity contribution in [3.8, 4) is 0 Å². The van der Waals surface area contributed by atoms with Crippen LogP contribution in [0, 0.1) is 23.7 Å². The topological polar surface area (TPSA) is 133 Å². The first-order chi connectivity index (χ1) is 26.4. The maximum atomic E-state index is 14.9. The number of benzene rings is 1. The third-order valence-corrected chi connectivity index (χ3v) is 13.6. The molecule has 2 bridgehead atoms. The van der Waals surface area contributed by atoms with Gasteiger partial charge in [-0.1, -0.05) is 64.6 Å². The number of aliphatic hydroxyl groups excluding tert-OH is 1. The van der Waals surface area contributed by atoms with Crippen LogP contribution in [-0.4, -0.2) is 132 Å². The molecule has 314 valence electrons. The number of fused-ring (bicyclic) bond motifs is 4. The molecule has 5 rings (SSSR count). The Labute approximate surface area is 338 Å². The van der Waals surface area contributed by atoms with Gasteiger partial charge in [-0.2, -0.15) is 11.8 Å². The number of rotatable bonds is 9. The number of cyclic esters (lactones) is 1. The normalized spacial score (nSPS) is 40.3. The monoisotopic (exact) mass is 802 g/mol. The van der Waals surface area contributed by atoms with Crippen molar-refractivity contribution in [2.75, 3.05) is 39.6 Å². The molecule has 1 aromatic carbocycles. The van der Waals surface area contributed by atoms with Crippen molar-refractivity contribution >= 4 is 29.6 Å². The molecule has 0 aliphatic carbocycles. The van der Waals surface area contributed by atoms with Crippen LogP contribution in [-0.2, 0) is 43.8 Å². The Kier molecular flexibility index (Phi) is 14.8. The molecule has 12 nitrogen and oxygen atoms in total. The first-order valence-corrected chi connectivity index (χ1v) is 21.5. The van der Waals surface area contributed by atoms with Gasteiger partial charge in [-0.25, -0.2) is 4.79 Å². The molecule has 4 aliphatic heterocycles. The Bertz CT molecular complexity index is 1530. The predicted molar refractivity (Wildman–Crippen MR) is 215 cm³/mol. The van der Waals surface area contributed by atoms with Gasteiger partial charge < -0.3 is 38.4 Å². The van der Waals surface area contributed by atoms with Gasteiger partial charge in [0.1, 0.15) is 18.0 Å². The van der Waals surface area contributed by atoms with Crippen LogP contribution in [0.1, 0.15) is 80.2 Å². The lowest BCUT2D eigenvalue weighted by Crippen LogP contribution is -2.61. The first-order valence-electron chi connectivity index (χ1n) is 20.3. The Morgan fingerprint density at radius 3 is 2.39 bits per heavy atom. The molecule has 1 amide bonds. The van der Waals surface area contributed by atoms with Crippen LogP contribution in [0.3, 0.4) is 0 Å². The van der Waals surface area contributed by atoms with E-state index in [1.807, 2.05) is 78.7 Å². The second-order valence-corrected chi connectivity index (χ2v) is 18.4. The van der Waals surface area contributed by atoms with E-state index >= 15 is 0 Å². The summed E-state index contributed by atoms with van der Waals surface area (Å²) in [6.45, 7) is 19.8. The number of carbonyl (C=O) groups is 3. The van der Waals surface area contributed by atoms with E-state index in [4.69, 9.17) is 28.4 Å². The minimum absolute atomic E-state index is 0.0777. The molecule has 0 aromatic heterocycles. The fourth-order valence-corrected chi connectivity index (χ4v) is 10.4. The summed E-state index contributed by atoms with van der Waals surface area (Å²) in [6.07, 6.45) is -3.92. The lowest BCUT2D eigenvalue weighted by atomic mass is 9.73. The number of aliphatic hydroxyl groups is 1. The van der Waals surface area contributed by atoms with Gasteiger partial charge in [-0.15, -0.1) is 0 Å². The lowest BCUT2D eigenvalue weighted by Gasteiger charge is -2.48. The number of likely N-dealkylation sites (N-methyl/N-ethyl adjacent to an activating group) is 1. The minimum Gasteiger partial charge on any atom is -0.458 e. The molecule has 13 heteroatoms. The number of hydrogen-bond donors (Lipinski definition) is 1. The average Bonchev–Trinajstić information content (AvgIpc) is 3.43. The van der Waals surface area contributed by atoms with E-state index in [1.165, 1.54) is 5.56 Å². The van der Waals surface area contributed by atoms with Gasteiger partial charge in [-0.3, -0.25) is 14.5 Å². The van der Waals surface area contributed by atoms with Crippen LogP contribution >= 0.6 is 11.8 Å². The molecule has 0 radical (unpaired) electrons. The van der Waals surface area contributed by atoms with Gasteiger partial charge in [0.05, 0.1) is 49.1 Å². The van der Waals surface area contributed by atoms with Crippen molar-refractivity contribution in [2.24, 2.45) is 23.7 Å². The Balaban J connectivity index is 1.54. The van der Waals surface area contributed by atoms with Crippen LogP contribution in [0.15, 0.2) is 42.5 Å². The highest BCUT2D eigenvalue weighted by atomic mass is 32.2. The molecule has 4 saturated heterocycles. The molecule has 1 N–H and O–H groups in total. The molecule has 0 unspecified atom stereocenters. The maximum Gasteiger partial charge on any atom is 0.410 e. The molecule has 0 saturated carbocycles. The Hall–Kier alpha value is -2.52. The smallest absolute Gasteiger partial charge is 0.410 e. The number of Topliss-reactive ketones (excluding diaryl/α,β-unsaturated/α-hetero) is 1. The maximum absolute atomic E-state index is 14.9. The van der Waals surface area contributed by atoms with Crippen LogP contribution in [0.5, 0.6) is 0 Å². The van der Waals surface area contributed by atoms with Crippen LogP contribution in [0.25, 0.3) is 0 Å². The average molecular weight is 803 g/mol. The van der Waals surface area contributed by atoms with Crippen molar-refractivity contribution in [1.82, 2.24) is 9.80 Å². The number of hydrogen-bond acceptors (Lipinski definition) is 12. The van der Waals surface area contributed by atoms with Crippen molar-refractivity contribution in [1.29, 1.82) is 0 Å². The van der Waals surface area contributed by atoms with Gasteiger partial charge in [0.2, 0.25) is 0 Å². The molecular formula is C43H66N2O10S. The van der Waals surface area contributed by atoms with E-state index in [9.17, 15) is 19.5 Å². The van der Waals surface area contributed by atoms with E-state index in [1.54, 1.807) is 30.5 Å². The van der Waals surface area contributed by atoms with Crippen molar-refractivity contribution < 1.29 is 47.9 Å². The fraction of sp³-hybridized carbons (Fsp3) is 0.744. The summed E-state index contributed by atoms with van der Waals surface area (Å²) >= 11 is 1.70. The number of esters is 1. The van der Waals surface area contributed by atoms with E-state index in [-0.39, 0.29) is 37.6 Å². The zero-order chi connectivity index (χ0) is 41.1. The predicted octanol–water partition coefficient (Wildman–Crippen LogP) is 5.88. The summed E-state index contributed by atoms with van der Waals surface area (Å²) < 4.78 is 39.1. The summed E-state index contributed by atoms with van der Waals surface area (Å²) in [4.78, 5) is 46.7. The molecule has 56 heavy (non-hydrogen) atoms. The summed E-state index contributed by atoms with van der Waals surface area (Å²) in [5, 5.41) is 11.6. The summed E-state index contributed by atoms with van der Waals surface area (Å²) in [7, 11) is 3.84. The number of carbonyl (C=O) groups excluding carboxylic acids is 3. The summed E-state index contributed by atoms with van der Waals surface area (Å²) in [5.74, 6) is -1.77. The number of thioether (sulfide) groups is 1. The van der Waals surface area contributed by atoms with Crippen molar-refractivity contribution in [3.63, 3.8) is 0 Å². The van der Waals surface area contributed by atoms with Gasteiger partial charge in [0.25, 0.3) is 0 Å². The third-order valence-electron chi connectivity index (χ3n) is 12.5. The molecule has 4 heterocycles. The van der Waals surface area contributed by atoms with Crippen molar-refractivity contribution in [3.05, 3.63) is 48.0 Å². The number of ether oxygens (including phenoxy) is 6. The number of ketones is 1. The second kappa shape index (κ2) is 18.6. The van der Waals surface area contributed by atoms with Crippen LogP contribution < -0.4 is 0 Å². The highest BCUT2D eigenvalue weighted by Crippen LogP contribution is 2.44. The number of amides is 1. The van der Waals surface area contributed by atoms with Crippen molar-refractivity contribution in [2.45, 2.75) is 141 Å². The van der Waals surface area contributed by atoms with E-state index in [0.29, 0.717) is 30.7 Å². The molecule has 1 aromatic rings. The van der Waals surface area contributed by atoms with Gasteiger partial charge >= 0.3 is 12.1 Å². The zero-order valence-corrected chi connectivity index (χ0v) is 35.9. The highest BCUT2D eigenvalue weighted by Gasteiger charge is 2.60. The van der Waals surface area contributed by atoms with E-state index in [0.717, 1.165) is 5.75 Å². The Morgan fingerprint density at radius 2 is 1.73 bits per heavy atom. The third kappa shape index (κ3) is 9.50. The molecule has 0 spiro atoms. The minimum atomic E-state index is -1.31. The summed E-state index contributed by atoms with van der Waals surface area (Å²) in [5.41, 5.74) is -0.599. The van der Waals surface area contributed by atoms with Crippen LogP contribution in [0.4, 0.5) is 4.79 Å². The first kappa shape index (κ1) is 44.6. The number of nitrogens with zero attached hydrogens (tertiary/aromatic N) is 2.